The molecule has 0 bridgehead atoms. The van der Waals surface area contributed by atoms with Crippen LogP contribution < -0.4 is 20.9 Å². The summed E-state index contributed by atoms with van der Waals surface area (Å²) in [6.07, 6.45) is 3.54. The Morgan fingerprint density at radius 1 is 1.28 bits per heavy atom. The number of hydrogen-bond acceptors (Lipinski definition) is 4. The molecule has 6 nitrogen and oxygen atoms in total. The van der Waals surface area contributed by atoms with E-state index in [4.69, 9.17) is 0 Å². The van der Waals surface area contributed by atoms with Crippen LogP contribution in [0.25, 0.3) is 0 Å². The standard InChI is InChI=1S/C17H22N4O2.2ClH/c1-21-9-6-16(22)20-14-10-13(2-3-15(14)21)17(23)19-11-12-4-7-18-8-5-12;;/h2-4,10,18H,5-9,11H2,1H3,(H,19,23)(H,20,22);2*1H. The molecule has 3 rings (SSSR count). The molecule has 0 aliphatic carbocycles. The van der Waals surface area contributed by atoms with Gasteiger partial charge < -0.3 is 20.9 Å². The van der Waals surface area contributed by atoms with E-state index in [1.54, 1.807) is 12.1 Å². The Balaban J connectivity index is 0.00000156. The molecule has 0 atom stereocenters. The van der Waals surface area contributed by atoms with Crippen LogP contribution in [-0.2, 0) is 4.79 Å². The lowest BCUT2D eigenvalue weighted by Crippen LogP contribution is -2.29. The largest absolute Gasteiger partial charge is 0.372 e. The van der Waals surface area contributed by atoms with Gasteiger partial charge in [0.1, 0.15) is 0 Å². The van der Waals surface area contributed by atoms with Crippen molar-refractivity contribution in [2.24, 2.45) is 0 Å². The van der Waals surface area contributed by atoms with E-state index in [2.05, 4.69) is 22.0 Å². The maximum absolute atomic E-state index is 12.3. The second kappa shape index (κ2) is 9.65. The monoisotopic (exact) mass is 386 g/mol. The van der Waals surface area contributed by atoms with Gasteiger partial charge in [-0.15, -0.1) is 24.8 Å². The SMILES string of the molecule is CN1CCC(=O)Nc2cc(C(=O)NCC3=CCNCC3)ccc21.Cl.Cl. The number of rotatable bonds is 3. The van der Waals surface area contributed by atoms with Gasteiger partial charge in [-0.1, -0.05) is 11.6 Å². The molecular formula is C17H24Cl2N4O2. The van der Waals surface area contributed by atoms with Crippen molar-refractivity contribution < 1.29 is 9.59 Å². The van der Waals surface area contributed by atoms with Crippen LogP contribution in [0.1, 0.15) is 23.2 Å². The fourth-order valence-electron chi connectivity index (χ4n) is 2.84. The van der Waals surface area contributed by atoms with Gasteiger partial charge in [0.25, 0.3) is 5.91 Å². The molecule has 2 amide bonds. The van der Waals surface area contributed by atoms with Crippen molar-refractivity contribution in [3.63, 3.8) is 0 Å². The molecule has 1 aromatic carbocycles. The highest BCUT2D eigenvalue weighted by atomic mass is 35.5. The summed E-state index contributed by atoms with van der Waals surface area (Å²) < 4.78 is 0. The van der Waals surface area contributed by atoms with Crippen LogP contribution in [0.4, 0.5) is 11.4 Å². The quantitative estimate of drug-likeness (QED) is 0.694. The number of nitrogens with zero attached hydrogens (tertiary/aromatic N) is 1. The molecule has 25 heavy (non-hydrogen) atoms. The van der Waals surface area contributed by atoms with E-state index in [9.17, 15) is 9.59 Å². The van der Waals surface area contributed by atoms with Gasteiger partial charge >= 0.3 is 0 Å². The molecule has 138 valence electrons. The molecule has 2 aliphatic heterocycles. The summed E-state index contributed by atoms with van der Waals surface area (Å²) in [5.41, 5.74) is 3.45. The van der Waals surface area contributed by atoms with E-state index in [1.807, 2.05) is 18.0 Å². The van der Waals surface area contributed by atoms with Gasteiger partial charge in [0.15, 0.2) is 0 Å². The number of carbonyl (C=O) groups is 2. The van der Waals surface area contributed by atoms with Crippen LogP contribution in [0.15, 0.2) is 29.8 Å². The Labute approximate surface area is 160 Å². The molecule has 0 radical (unpaired) electrons. The number of hydrogen-bond donors (Lipinski definition) is 3. The van der Waals surface area contributed by atoms with Gasteiger partial charge in [0.05, 0.1) is 11.4 Å². The van der Waals surface area contributed by atoms with Crippen molar-refractivity contribution in [2.75, 3.05) is 43.4 Å². The fourth-order valence-corrected chi connectivity index (χ4v) is 2.84. The molecule has 0 saturated heterocycles. The lowest BCUT2D eigenvalue weighted by Gasteiger charge is -2.19. The molecule has 0 saturated carbocycles. The highest BCUT2D eigenvalue weighted by Crippen LogP contribution is 2.28. The normalized spacial score (nSPS) is 16.3. The molecule has 8 heteroatoms. The van der Waals surface area contributed by atoms with E-state index in [0.717, 1.165) is 25.2 Å². The third-order valence-corrected chi connectivity index (χ3v) is 4.25. The predicted octanol–water partition coefficient (Wildman–Crippen LogP) is 1.96. The highest BCUT2D eigenvalue weighted by molar-refractivity contribution is 6.00. The summed E-state index contributed by atoms with van der Waals surface area (Å²) in [5.74, 6) is -0.138. The van der Waals surface area contributed by atoms with Gasteiger partial charge in [0, 0.05) is 38.7 Å². The zero-order valence-electron chi connectivity index (χ0n) is 14.1. The Bertz CT molecular complexity index is 664. The Kier molecular flexibility index (Phi) is 8.22. The van der Waals surface area contributed by atoms with Crippen LogP contribution in [0.5, 0.6) is 0 Å². The summed E-state index contributed by atoms with van der Waals surface area (Å²) in [6.45, 7) is 3.07. The number of halogens is 2. The number of fused-ring (bicyclic) bond motifs is 1. The number of benzene rings is 1. The average molecular weight is 387 g/mol. The van der Waals surface area contributed by atoms with Crippen molar-refractivity contribution >= 4 is 48.0 Å². The Morgan fingerprint density at radius 2 is 2.08 bits per heavy atom. The summed E-state index contributed by atoms with van der Waals surface area (Å²) in [6, 6.07) is 5.44. The van der Waals surface area contributed by atoms with Crippen molar-refractivity contribution in [3.05, 3.63) is 35.4 Å². The lowest BCUT2D eigenvalue weighted by molar-refractivity contribution is -0.115. The second-order valence-corrected chi connectivity index (χ2v) is 5.95. The summed E-state index contributed by atoms with van der Waals surface area (Å²) in [5, 5.41) is 9.07. The molecule has 3 N–H and O–H groups in total. The number of carbonyl (C=O) groups excluding carboxylic acids is 2. The van der Waals surface area contributed by atoms with Gasteiger partial charge in [-0.25, -0.2) is 0 Å². The molecule has 1 aromatic rings. The number of anilines is 2. The highest BCUT2D eigenvalue weighted by Gasteiger charge is 2.18. The van der Waals surface area contributed by atoms with E-state index < -0.39 is 0 Å². The molecule has 2 aliphatic rings. The van der Waals surface area contributed by atoms with Crippen LogP contribution >= 0.6 is 24.8 Å². The topological polar surface area (TPSA) is 73.5 Å². The number of amides is 2. The Morgan fingerprint density at radius 3 is 2.80 bits per heavy atom. The van der Waals surface area contributed by atoms with Gasteiger partial charge in [0.2, 0.25) is 5.91 Å². The first kappa shape index (κ1) is 21.3. The first-order valence-electron chi connectivity index (χ1n) is 7.95. The first-order chi connectivity index (χ1) is 11.1. The van der Waals surface area contributed by atoms with Crippen LogP contribution in [-0.4, -0.2) is 45.0 Å². The first-order valence-corrected chi connectivity index (χ1v) is 7.95. The van der Waals surface area contributed by atoms with Crippen LogP contribution in [0.3, 0.4) is 0 Å². The predicted molar refractivity (Wildman–Crippen MR) is 105 cm³/mol. The fraction of sp³-hybridized carbons (Fsp3) is 0.412. The maximum Gasteiger partial charge on any atom is 0.251 e. The third-order valence-electron chi connectivity index (χ3n) is 4.25. The van der Waals surface area contributed by atoms with Crippen molar-refractivity contribution in [1.29, 1.82) is 0 Å². The minimum Gasteiger partial charge on any atom is -0.372 e. The van der Waals surface area contributed by atoms with Gasteiger partial charge in [-0.05, 0) is 31.2 Å². The lowest BCUT2D eigenvalue weighted by atomic mass is 10.1. The van der Waals surface area contributed by atoms with Crippen LogP contribution in [0.2, 0.25) is 0 Å². The molecule has 0 unspecified atom stereocenters. The van der Waals surface area contributed by atoms with E-state index in [0.29, 0.717) is 30.8 Å². The average Bonchev–Trinajstić information content (AvgIpc) is 2.72. The maximum atomic E-state index is 12.3. The smallest absolute Gasteiger partial charge is 0.251 e. The summed E-state index contributed by atoms with van der Waals surface area (Å²) in [4.78, 5) is 26.1. The minimum absolute atomic E-state index is 0. The molecule has 0 fully saturated rings. The van der Waals surface area contributed by atoms with Crippen molar-refractivity contribution in [1.82, 2.24) is 10.6 Å². The molecule has 0 aromatic heterocycles. The zero-order chi connectivity index (χ0) is 16.2. The molecular weight excluding hydrogens is 363 g/mol. The number of nitrogens with one attached hydrogen (secondary N) is 3. The summed E-state index contributed by atoms with van der Waals surface area (Å²) in [7, 11) is 1.95. The molecule has 0 spiro atoms. The van der Waals surface area contributed by atoms with Gasteiger partial charge in [-0.2, -0.15) is 0 Å². The van der Waals surface area contributed by atoms with Crippen LogP contribution in [0, 0.1) is 0 Å². The van der Waals surface area contributed by atoms with Crippen molar-refractivity contribution in [2.45, 2.75) is 12.8 Å². The van der Waals surface area contributed by atoms with E-state index in [-0.39, 0.29) is 36.6 Å². The minimum atomic E-state index is -0.117. The summed E-state index contributed by atoms with van der Waals surface area (Å²) >= 11 is 0. The van der Waals surface area contributed by atoms with E-state index >= 15 is 0 Å². The van der Waals surface area contributed by atoms with Gasteiger partial charge in [-0.3, -0.25) is 9.59 Å². The zero-order valence-corrected chi connectivity index (χ0v) is 15.8. The van der Waals surface area contributed by atoms with Crippen molar-refractivity contribution in [3.8, 4) is 0 Å². The second-order valence-electron chi connectivity index (χ2n) is 5.95. The molecule has 2 heterocycles. The third kappa shape index (κ3) is 5.36. The van der Waals surface area contributed by atoms with E-state index in [1.165, 1.54) is 5.57 Å². The Hall–Kier alpha value is -1.76.